The van der Waals surface area contributed by atoms with Crippen molar-refractivity contribution in [2.75, 3.05) is 0 Å². The number of halogens is 1. The van der Waals surface area contributed by atoms with Crippen molar-refractivity contribution in [2.24, 2.45) is 5.92 Å². The second-order valence-electron chi connectivity index (χ2n) is 5.62. The topological polar surface area (TPSA) is 101 Å². The summed E-state index contributed by atoms with van der Waals surface area (Å²) >= 11 is 0. The van der Waals surface area contributed by atoms with Crippen molar-refractivity contribution >= 4 is 11.9 Å². The quantitative estimate of drug-likeness (QED) is 0.826. The minimum Gasteiger partial charge on any atom is -0.480 e. The Morgan fingerprint density at radius 2 is 1.88 bits per heavy atom. The van der Waals surface area contributed by atoms with E-state index in [9.17, 15) is 23.9 Å². The van der Waals surface area contributed by atoms with Crippen LogP contribution in [0.1, 0.15) is 30.8 Å². The van der Waals surface area contributed by atoms with Gasteiger partial charge in [-0.3, -0.25) is 9.59 Å². The molecule has 2 atom stereocenters. The Kier molecular flexibility index (Phi) is 5.63. The Bertz CT molecular complexity index is 833. The average molecular weight is 347 g/mol. The second-order valence-corrected chi connectivity index (χ2v) is 5.62. The molecule has 2 aromatic rings. The minimum absolute atomic E-state index is 0.113. The summed E-state index contributed by atoms with van der Waals surface area (Å²) in [6, 6.07) is 6.33. The normalized spacial score (nSPS) is 13.1. The molecule has 0 fully saturated rings. The van der Waals surface area contributed by atoms with Gasteiger partial charge in [0.05, 0.1) is 5.69 Å². The number of hydrogen-bond acceptors (Lipinski definition) is 4. The number of benzene rings is 1. The van der Waals surface area contributed by atoms with E-state index >= 15 is 0 Å². The van der Waals surface area contributed by atoms with Gasteiger partial charge in [-0.1, -0.05) is 20.3 Å². The maximum Gasteiger partial charge on any atom is 0.326 e. The number of aliphatic carboxylic acids is 1. The summed E-state index contributed by atoms with van der Waals surface area (Å²) in [5, 5.41) is 15.6. The molecule has 7 nitrogen and oxygen atoms in total. The molecule has 0 aliphatic rings. The fraction of sp³-hybridized carbons (Fsp3) is 0.294. The zero-order valence-corrected chi connectivity index (χ0v) is 13.8. The molecule has 0 aliphatic heterocycles. The van der Waals surface area contributed by atoms with E-state index in [1.54, 1.807) is 6.92 Å². The highest BCUT2D eigenvalue weighted by molar-refractivity contribution is 5.94. The van der Waals surface area contributed by atoms with Gasteiger partial charge in [-0.05, 0) is 36.2 Å². The molecule has 0 saturated heterocycles. The number of amides is 1. The highest BCUT2D eigenvalue weighted by Crippen LogP contribution is 2.09. The molecule has 0 aliphatic carbocycles. The Morgan fingerprint density at radius 1 is 1.24 bits per heavy atom. The lowest BCUT2D eigenvalue weighted by molar-refractivity contribution is -0.140. The number of carbonyl (C=O) groups is 2. The summed E-state index contributed by atoms with van der Waals surface area (Å²) < 4.78 is 14.0. The van der Waals surface area contributed by atoms with Crippen molar-refractivity contribution in [3.8, 4) is 5.69 Å². The van der Waals surface area contributed by atoms with Gasteiger partial charge in [0.25, 0.3) is 11.5 Å². The molecule has 1 heterocycles. The van der Waals surface area contributed by atoms with Gasteiger partial charge in [-0.25, -0.2) is 9.18 Å². The Morgan fingerprint density at radius 3 is 2.44 bits per heavy atom. The Balaban J connectivity index is 2.32. The van der Waals surface area contributed by atoms with Crippen molar-refractivity contribution < 1.29 is 19.1 Å². The molecule has 0 radical (unpaired) electrons. The van der Waals surface area contributed by atoms with Crippen LogP contribution >= 0.6 is 0 Å². The average Bonchev–Trinajstić information content (AvgIpc) is 2.59. The first-order valence-corrected chi connectivity index (χ1v) is 7.73. The standard InChI is InChI=1S/C17H18FN3O4/c1-3-10(2)15(17(24)25)19-16(23)13-8-9-14(22)21(20-13)12-6-4-11(18)5-7-12/h4-10,15H,3H2,1-2H3,(H,19,23)(H,24,25)/t10-,15-/m0/s1. The largest absolute Gasteiger partial charge is 0.480 e. The van der Waals surface area contributed by atoms with Crippen molar-refractivity contribution in [3.05, 3.63) is 58.3 Å². The van der Waals surface area contributed by atoms with Crippen LogP contribution in [0.15, 0.2) is 41.2 Å². The summed E-state index contributed by atoms with van der Waals surface area (Å²) in [6.45, 7) is 3.53. The zero-order valence-electron chi connectivity index (χ0n) is 13.8. The van der Waals surface area contributed by atoms with Crippen molar-refractivity contribution in [1.82, 2.24) is 15.1 Å². The van der Waals surface area contributed by atoms with E-state index < -0.39 is 29.3 Å². The van der Waals surface area contributed by atoms with Crippen LogP contribution < -0.4 is 10.9 Å². The second kappa shape index (κ2) is 7.69. The molecule has 2 N–H and O–H groups in total. The maximum atomic E-state index is 13.0. The van der Waals surface area contributed by atoms with Crippen LogP contribution in [0, 0.1) is 11.7 Å². The highest BCUT2D eigenvalue weighted by atomic mass is 19.1. The predicted octanol–water partition coefficient (Wildman–Crippen LogP) is 1.60. The SMILES string of the molecule is CC[C@H](C)[C@H](NC(=O)c1ccc(=O)n(-c2ccc(F)cc2)n1)C(=O)O. The predicted molar refractivity (Wildman–Crippen MR) is 88.1 cm³/mol. The Labute approximate surface area is 143 Å². The van der Waals surface area contributed by atoms with E-state index in [2.05, 4.69) is 10.4 Å². The Hall–Kier alpha value is -3.03. The molecule has 0 bridgehead atoms. The number of nitrogens with zero attached hydrogens (tertiary/aromatic N) is 2. The van der Waals surface area contributed by atoms with Gasteiger partial charge in [-0.15, -0.1) is 0 Å². The summed E-state index contributed by atoms with van der Waals surface area (Å²) in [5.74, 6) is -2.59. The summed E-state index contributed by atoms with van der Waals surface area (Å²) in [7, 11) is 0. The summed E-state index contributed by atoms with van der Waals surface area (Å²) in [5.41, 5.74) is -0.323. The highest BCUT2D eigenvalue weighted by Gasteiger charge is 2.26. The van der Waals surface area contributed by atoms with Gasteiger partial charge in [0.1, 0.15) is 17.6 Å². The van der Waals surface area contributed by atoms with Crippen LogP contribution in [0.2, 0.25) is 0 Å². The smallest absolute Gasteiger partial charge is 0.326 e. The number of rotatable bonds is 6. The van der Waals surface area contributed by atoms with Crippen LogP contribution in [-0.2, 0) is 4.79 Å². The molecule has 1 aromatic carbocycles. The lowest BCUT2D eigenvalue weighted by Crippen LogP contribution is -2.45. The molecule has 0 unspecified atom stereocenters. The number of carbonyl (C=O) groups excluding carboxylic acids is 1. The molecular weight excluding hydrogens is 329 g/mol. The molecule has 132 valence electrons. The van der Waals surface area contributed by atoms with Gasteiger partial charge < -0.3 is 10.4 Å². The fourth-order valence-corrected chi connectivity index (χ4v) is 2.20. The van der Waals surface area contributed by atoms with Gasteiger partial charge in [0, 0.05) is 6.07 Å². The zero-order chi connectivity index (χ0) is 18.6. The first kappa shape index (κ1) is 18.3. The monoisotopic (exact) mass is 347 g/mol. The molecule has 8 heteroatoms. The molecule has 0 spiro atoms. The van der Waals surface area contributed by atoms with E-state index in [1.165, 1.54) is 30.3 Å². The maximum absolute atomic E-state index is 13.0. The molecule has 2 rings (SSSR count). The van der Waals surface area contributed by atoms with Gasteiger partial charge in [0.15, 0.2) is 0 Å². The van der Waals surface area contributed by atoms with Gasteiger partial charge in [0.2, 0.25) is 0 Å². The van der Waals surface area contributed by atoms with Crippen LogP contribution in [0.25, 0.3) is 5.69 Å². The van der Waals surface area contributed by atoms with E-state index in [0.717, 1.165) is 10.7 Å². The van der Waals surface area contributed by atoms with E-state index in [4.69, 9.17) is 0 Å². The number of carboxylic acids is 1. The van der Waals surface area contributed by atoms with E-state index in [1.807, 2.05) is 6.92 Å². The van der Waals surface area contributed by atoms with E-state index in [-0.39, 0.29) is 17.3 Å². The number of carboxylic acid groups (broad SMARTS) is 1. The third-order valence-corrected chi connectivity index (χ3v) is 3.87. The number of aromatic nitrogens is 2. The lowest BCUT2D eigenvalue weighted by Gasteiger charge is -2.19. The molecule has 1 aromatic heterocycles. The fourth-order valence-electron chi connectivity index (χ4n) is 2.20. The van der Waals surface area contributed by atoms with E-state index in [0.29, 0.717) is 6.42 Å². The number of hydrogen-bond donors (Lipinski definition) is 2. The first-order chi connectivity index (χ1) is 11.8. The van der Waals surface area contributed by atoms with Crippen molar-refractivity contribution in [1.29, 1.82) is 0 Å². The van der Waals surface area contributed by atoms with Crippen LogP contribution in [-0.4, -0.2) is 32.8 Å². The van der Waals surface area contributed by atoms with Gasteiger partial charge >= 0.3 is 5.97 Å². The lowest BCUT2D eigenvalue weighted by atomic mass is 9.99. The number of nitrogens with one attached hydrogen (secondary N) is 1. The van der Waals surface area contributed by atoms with Crippen LogP contribution in [0.4, 0.5) is 4.39 Å². The minimum atomic E-state index is -1.14. The van der Waals surface area contributed by atoms with Crippen LogP contribution in [0.3, 0.4) is 0 Å². The van der Waals surface area contributed by atoms with Crippen molar-refractivity contribution in [2.45, 2.75) is 26.3 Å². The summed E-state index contributed by atoms with van der Waals surface area (Å²) in [6.07, 6.45) is 0.569. The summed E-state index contributed by atoms with van der Waals surface area (Å²) in [4.78, 5) is 35.6. The molecule has 0 saturated carbocycles. The van der Waals surface area contributed by atoms with Gasteiger partial charge in [-0.2, -0.15) is 9.78 Å². The molecule has 1 amide bonds. The molecular formula is C17H18FN3O4. The third-order valence-electron chi connectivity index (χ3n) is 3.87. The third kappa shape index (κ3) is 4.28. The first-order valence-electron chi connectivity index (χ1n) is 7.73. The van der Waals surface area contributed by atoms with Crippen molar-refractivity contribution in [3.63, 3.8) is 0 Å². The van der Waals surface area contributed by atoms with Crippen LogP contribution in [0.5, 0.6) is 0 Å². The molecule has 25 heavy (non-hydrogen) atoms.